The second kappa shape index (κ2) is 7.56. The van der Waals surface area contributed by atoms with Crippen LogP contribution in [0.2, 0.25) is 0 Å². The fourth-order valence-corrected chi connectivity index (χ4v) is 2.72. The molecule has 122 valence electrons. The molecule has 0 aromatic heterocycles. The Morgan fingerprint density at radius 1 is 1.36 bits per heavy atom. The lowest BCUT2D eigenvalue weighted by Gasteiger charge is -2.33. The van der Waals surface area contributed by atoms with E-state index in [1.807, 2.05) is 0 Å². The third-order valence-electron chi connectivity index (χ3n) is 4.34. The van der Waals surface area contributed by atoms with E-state index in [1.165, 1.54) is 6.07 Å². The van der Waals surface area contributed by atoms with Crippen molar-refractivity contribution in [2.75, 3.05) is 25.1 Å². The van der Waals surface area contributed by atoms with Crippen LogP contribution >= 0.6 is 0 Å². The van der Waals surface area contributed by atoms with Crippen molar-refractivity contribution in [2.24, 2.45) is 5.41 Å². The number of hydrogen-bond donors (Lipinski definition) is 1. The Bertz CT molecular complexity index is 503. The normalized spacial score (nSPS) is 18.1. The highest BCUT2D eigenvalue weighted by Crippen LogP contribution is 2.36. The molecule has 0 spiro atoms. The molecule has 1 aromatic carbocycles. The number of ether oxygens (including phenoxy) is 2. The summed E-state index contributed by atoms with van der Waals surface area (Å²) in [5, 5.41) is 14.1. The molecule has 0 amide bonds. The molecule has 6 nitrogen and oxygen atoms in total. The molecule has 2 rings (SSSR count). The van der Waals surface area contributed by atoms with Crippen molar-refractivity contribution in [1.82, 2.24) is 0 Å². The SMILES string of the molecule is CC[C@](C)(CCCNc1ccccc1[N+](=O)[O-])C1OCCO1. The molecule has 1 aliphatic rings. The van der Waals surface area contributed by atoms with Crippen molar-refractivity contribution < 1.29 is 14.4 Å². The minimum Gasteiger partial charge on any atom is -0.379 e. The van der Waals surface area contributed by atoms with Crippen molar-refractivity contribution in [3.8, 4) is 0 Å². The first-order valence-electron chi connectivity index (χ1n) is 7.77. The van der Waals surface area contributed by atoms with Gasteiger partial charge in [0.25, 0.3) is 5.69 Å². The molecular weight excluding hydrogens is 284 g/mol. The number of rotatable bonds is 8. The summed E-state index contributed by atoms with van der Waals surface area (Å²) in [7, 11) is 0. The van der Waals surface area contributed by atoms with E-state index >= 15 is 0 Å². The topological polar surface area (TPSA) is 73.6 Å². The predicted molar refractivity (Wildman–Crippen MR) is 84.9 cm³/mol. The first kappa shape index (κ1) is 16.7. The predicted octanol–water partition coefficient (Wildman–Crippen LogP) is 3.58. The molecule has 1 saturated heterocycles. The van der Waals surface area contributed by atoms with E-state index in [4.69, 9.17) is 9.47 Å². The average molecular weight is 308 g/mol. The molecule has 0 unspecified atom stereocenters. The van der Waals surface area contributed by atoms with E-state index in [-0.39, 0.29) is 22.3 Å². The minimum atomic E-state index is -0.362. The van der Waals surface area contributed by atoms with Crippen LogP contribution in [0, 0.1) is 15.5 Å². The second-order valence-corrected chi connectivity index (χ2v) is 5.89. The summed E-state index contributed by atoms with van der Waals surface area (Å²) in [6, 6.07) is 6.72. The van der Waals surface area contributed by atoms with Gasteiger partial charge in [-0.3, -0.25) is 10.1 Å². The molecule has 1 aromatic rings. The summed E-state index contributed by atoms with van der Waals surface area (Å²) in [6.45, 7) is 6.32. The zero-order valence-corrected chi connectivity index (χ0v) is 13.2. The Balaban J connectivity index is 1.85. The number of anilines is 1. The van der Waals surface area contributed by atoms with Gasteiger partial charge in [-0.05, 0) is 25.3 Å². The molecule has 6 heteroatoms. The van der Waals surface area contributed by atoms with Crippen molar-refractivity contribution in [1.29, 1.82) is 0 Å². The highest BCUT2D eigenvalue weighted by Gasteiger charge is 2.36. The van der Waals surface area contributed by atoms with Gasteiger partial charge in [-0.25, -0.2) is 0 Å². The lowest BCUT2D eigenvalue weighted by Crippen LogP contribution is -2.33. The van der Waals surface area contributed by atoms with Crippen LogP contribution in [-0.2, 0) is 9.47 Å². The van der Waals surface area contributed by atoms with Gasteiger partial charge in [0.1, 0.15) is 5.69 Å². The summed E-state index contributed by atoms with van der Waals surface area (Å²) in [4.78, 5) is 10.6. The van der Waals surface area contributed by atoms with Gasteiger partial charge in [-0.1, -0.05) is 26.0 Å². The van der Waals surface area contributed by atoms with Gasteiger partial charge < -0.3 is 14.8 Å². The number of para-hydroxylation sites is 2. The fraction of sp³-hybridized carbons (Fsp3) is 0.625. The van der Waals surface area contributed by atoms with E-state index in [1.54, 1.807) is 18.2 Å². The molecule has 0 aliphatic carbocycles. The molecular formula is C16H24N2O4. The number of benzene rings is 1. The van der Waals surface area contributed by atoms with Crippen LogP contribution in [0.1, 0.15) is 33.1 Å². The standard InChI is InChI=1S/C16H24N2O4/c1-3-16(2,15-21-11-12-22-15)9-6-10-17-13-7-4-5-8-14(13)18(19)20/h4-5,7-8,15,17H,3,6,9-12H2,1-2H3/t16-/m1/s1. The number of hydrogen-bond acceptors (Lipinski definition) is 5. The van der Waals surface area contributed by atoms with Crippen molar-refractivity contribution in [3.05, 3.63) is 34.4 Å². The summed E-state index contributed by atoms with van der Waals surface area (Å²) in [5.74, 6) is 0. The molecule has 1 aliphatic heterocycles. The van der Waals surface area contributed by atoms with Crippen LogP contribution < -0.4 is 5.32 Å². The zero-order chi connectivity index (χ0) is 16.0. The molecule has 1 atom stereocenters. The summed E-state index contributed by atoms with van der Waals surface area (Å²) in [6.07, 6.45) is 2.69. The lowest BCUT2D eigenvalue weighted by molar-refractivity contribution is -0.384. The maximum Gasteiger partial charge on any atom is 0.292 e. The monoisotopic (exact) mass is 308 g/mol. The molecule has 0 bridgehead atoms. The lowest BCUT2D eigenvalue weighted by atomic mass is 9.82. The third-order valence-corrected chi connectivity index (χ3v) is 4.34. The Hall–Kier alpha value is -1.66. The smallest absolute Gasteiger partial charge is 0.292 e. The van der Waals surface area contributed by atoms with E-state index in [0.717, 1.165) is 19.3 Å². The van der Waals surface area contributed by atoms with Crippen LogP contribution in [0.25, 0.3) is 0 Å². The third kappa shape index (κ3) is 3.96. The molecule has 22 heavy (non-hydrogen) atoms. The first-order chi connectivity index (χ1) is 10.6. The van der Waals surface area contributed by atoms with Gasteiger partial charge >= 0.3 is 0 Å². The van der Waals surface area contributed by atoms with Crippen molar-refractivity contribution in [3.63, 3.8) is 0 Å². The quantitative estimate of drug-likeness (QED) is 0.451. The molecule has 1 heterocycles. The molecule has 1 N–H and O–H groups in total. The second-order valence-electron chi connectivity index (χ2n) is 5.89. The molecule has 0 radical (unpaired) electrons. The summed E-state index contributed by atoms with van der Waals surface area (Å²) >= 11 is 0. The van der Waals surface area contributed by atoms with E-state index < -0.39 is 0 Å². The number of nitrogens with one attached hydrogen (secondary N) is 1. The van der Waals surface area contributed by atoms with Gasteiger partial charge in [0, 0.05) is 18.0 Å². The van der Waals surface area contributed by atoms with Crippen molar-refractivity contribution >= 4 is 11.4 Å². The van der Waals surface area contributed by atoms with Crippen molar-refractivity contribution in [2.45, 2.75) is 39.4 Å². The molecule has 1 fully saturated rings. The van der Waals surface area contributed by atoms with Crippen LogP contribution in [-0.4, -0.2) is 31.0 Å². The Kier molecular flexibility index (Phi) is 5.74. The fourth-order valence-electron chi connectivity index (χ4n) is 2.72. The summed E-state index contributed by atoms with van der Waals surface area (Å²) < 4.78 is 11.3. The zero-order valence-electron chi connectivity index (χ0n) is 13.2. The van der Waals surface area contributed by atoms with E-state index in [9.17, 15) is 10.1 Å². The maximum atomic E-state index is 11.0. The minimum absolute atomic E-state index is 0.0131. The largest absolute Gasteiger partial charge is 0.379 e. The van der Waals surface area contributed by atoms with Crippen LogP contribution in [0.4, 0.5) is 11.4 Å². The van der Waals surface area contributed by atoms with E-state index in [2.05, 4.69) is 19.2 Å². The summed E-state index contributed by atoms with van der Waals surface area (Å²) in [5.41, 5.74) is 0.670. The van der Waals surface area contributed by atoms with Gasteiger partial charge in [0.2, 0.25) is 0 Å². The van der Waals surface area contributed by atoms with Gasteiger partial charge in [-0.15, -0.1) is 0 Å². The van der Waals surface area contributed by atoms with E-state index in [0.29, 0.717) is 25.4 Å². The number of nitro benzene ring substituents is 1. The number of nitro groups is 1. The Morgan fingerprint density at radius 2 is 2.05 bits per heavy atom. The van der Waals surface area contributed by atoms with Gasteiger partial charge in [0.15, 0.2) is 6.29 Å². The Labute approximate surface area is 131 Å². The number of nitrogens with zero attached hydrogens (tertiary/aromatic N) is 1. The Morgan fingerprint density at radius 3 is 2.68 bits per heavy atom. The molecule has 0 saturated carbocycles. The maximum absolute atomic E-state index is 11.0. The first-order valence-corrected chi connectivity index (χ1v) is 7.77. The van der Waals surface area contributed by atoms with Crippen LogP contribution in [0.15, 0.2) is 24.3 Å². The highest BCUT2D eigenvalue weighted by molar-refractivity contribution is 5.60. The average Bonchev–Trinajstić information content (AvgIpc) is 3.06. The van der Waals surface area contributed by atoms with Crippen LogP contribution in [0.3, 0.4) is 0 Å². The van der Waals surface area contributed by atoms with Gasteiger partial charge in [0.05, 0.1) is 18.1 Å². The van der Waals surface area contributed by atoms with Crippen LogP contribution in [0.5, 0.6) is 0 Å². The van der Waals surface area contributed by atoms with Gasteiger partial charge in [-0.2, -0.15) is 0 Å². The highest BCUT2D eigenvalue weighted by atomic mass is 16.7.